The minimum Gasteiger partial charge on any atom is -0.452 e. The van der Waals surface area contributed by atoms with E-state index in [1.165, 1.54) is 18.2 Å². The normalized spacial score (nSPS) is 19.2. The number of thioether (sulfide) groups is 1. The molecule has 1 N–H and O–H groups in total. The summed E-state index contributed by atoms with van der Waals surface area (Å²) in [6.45, 7) is 3.68. The molecule has 0 saturated heterocycles. The Kier molecular flexibility index (Phi) is 7.08. The van der Waals surface area contributed by atoms with E-state index in [2.05, 4.69) is 22.4 Å². The maximum Gasteiger partial charge on any atom is 0.341 e. The molecule has 28 heavy (non-hydrogen) atoms. The molecule has 2 aromatic rings. The first-order chi connectivity index (χ1) is 13.5. The van der Waals surface area contributed by atoms with E-state index in [1.807, 2.05) is 13.0 Å². The van der Waals surface area contributed by atoms with Crippen LogP contribution in [0.25, 0.3) is 0 Å². The van der Waals surface area contributed by atoms with Gasteiger partial charge in [0.15, 0.2) is 6.61 Å². The molecule has 0 spiro atoms. The molecule has 8 heteroatoms. The molecule has 0 aromatic carbocycles. The van der Waals surface area contributed by atoms with Gasteiger partial charge in [-0.25, -0.2) is 9.78 Å². The quantitative estimate of drug-likeness (QED) is 0.558. The predicted octanol–water partition coefficient (Wildman–Crippen LogP) is 3.52. The highest BCUT2D eigenvalue weighted by atomic mass is 32.2. The Balaban J connectivity index is 1.53. The lowest BCUT2D eigenvalue weighted by molar-refractivity contribution is -0.125. The number of ether oxygens (including phenoxy) is 1. The minimum absolute atomic E-state index is 0.162. The molecule has 0 unspecified atom stereocenters. The Morgan fingerprint density at radius 2 is 2.18 bits per heavy atom. The van der Waals surface area contributed by atoms with E-state index in [4.69, 9.17) is 9.26 Å². The summed E-state index contributed by atoms with van der Waals surface area (Å²) >= 11 is 1.37. The number of amides is 1. The average molecular weight is 404 g/mol. The summed E-state index contributed by atoms with van der Waals surface area (Å²) in [6.07, 6.45) is 6.04. The summed E-state index contributed by atoms with van der Waals surface area (Å²) in [6, 6.07) is 5.32. The molecular formula is C20H25N3O4S. The third kappa shape index (κ3) is 5.58. The number of esters is 1. The highest BCUT2D eigenvalue weighted by Gasteiger charge is 2.23. The molecule has 3 rings (SSSR count). The second kappa shape index (κ2) is 9.73. The fourth-order valence-electron chi connectivity index (χ4n) is 3.28. The van der Waals surface area contributed by atoms with Crippen molar-refractivity contribution in [3.63, 3.8) is 0 Å². The maximum absolute atomic E-state index is 12.5. The van der Waals surface area contributed by atoms with Gasteiger partial charge in [-0.05, 0) is 37.8 Å². The molecule has 1 saturated carbocycles. The molecule has 1 aliphatic rings. The van der Waals surface area contributed by atoms with Gasteiger partial charge in [-0.2, -0.15) is 0 Å². The molecule has 150 valence electrons. The number of aromatic nitrogens is 2. The summed E-state index contributed by atoms with van der Waals surface area (Å²) in [5, 5.41) is 7.45. The monoisotopic (exact) mass is 403 g/mol. The second-order valence-electron chi connectivity index (χ2n) is 7.09. The van der Waals surface area contributed by atoms with Gasteiger partial charge in [0.2, 0.25) is 0 Å². The number of pyridine rings is 1. The number of nitrogens with one attached hydrogen (secondary N) is 1. The Labute approximate surface area is 168 Å². The molecule has 7 nitrogen and oxygen atoms in total. The SMILES string of the molecule is Cc1cc(CSc2ncccc2C(=O)OCC(=O)N[C@@H]2CCCC[C@@H]2C)no1. The lowest BCUT2D eigenvalue weighted by Crippen LogP contribution is -2.42. The molecule has 2 heterocycles. The Morgan fingerprint density at radius 3 is 2.93 bits per heavy atom. The zero-order valence-corrected chi connectivity index (χ0v) is 17.0. The largest absolute Gasteiger partial charge is 0.452 e. The van der Waals surface area contributed by atoms with Crippen molar-refractivity contribution in [3.05, 3.63) is 41.4 Å². The van der Waals surface area contributed by atoms with E-state index in [0.29, 0.717) is 22.3 Å². The number of hydrogen-bond donors (Lipinski definition) is 1. The van der Waals surface area contributed by atoms with Crippen molar-refractivity contribution < 1.29 is 18.8 Å². The van der Waals surface area contributed by atoms with Crippen molar-refractivity contribution in [2.24, 2.45) is 5.92 Å². The van der Waals surface area contributed by atoms with Crippen molar-refractivity contribution in [1.82, 2.24) is 15.5 Å². The molecule has 0 bridgehead atoms. The third-order valence-electron chi connectivity index (χ3n) is 4.82. The van der Waals surface area contributed by atoms with Crippen LogP contribution in [0.4, 0.5) is 0 Å². The fraction of sp³-hybridized carbons (Fsp3) is 0.500. The zero-order chi connectivity index (χ0) is 19.9. The van der Waals surface area contributed by atoms with Crippen LogP contribution < -0.4 is 5.32 Å². The fourth-order valence-corrected chi connectivity index (χ4v) is 4.14. The first-order valence-electron chi connectivity index (χ1n) is 9.49. The van der Waals surface area contributed by atoms with E-state index in [1.54, 1.807) is 18.3 Å². The van der Waals surface area contributed by atoms with Gasteiger partial charge in [0.1, 0.15) is 10.8 Å². The highest BCUT2D eigenvalue weighted by Crippen LogP contribution is 2.25. The number of carbonyl (C=O) groups is 2. The Bertz CT molecular complexity index is 823. The Hall–Kier alpha value is -2.35. The van der Waals surface area contributed by atoms with Crippen LogP contribution in [0.1, 0.15) is 54.4 Å². The lowest BCUT2D eigenvalue weighted by atomic mass is 9.86. The van der Waals surface area contributed by atoms with Gasteiger partial charge < -0.3 is 14.6 Å². The summed E-state index contributed by atoms with van der Waals surface area (Å²) in [7, 11) is 0. The van der Waals surface area contributed by atoms with Crippen molar-refractivity contribution in [2.75, 3.05) is 6.61 Å². The molecule has 0 radical (unpaired) electrons. The van der Waals surface area contributed by atoms with Crippen molar-refractivity contribution in [1.29, 1.82) is 0 Å². The van der Waals surface area contributed by atoms with Crippen LogP contribution in [0.2, 0.25) is 0 Å². The van der Waals surface area contributed by atoms with Gasteiger partial charge in [-0.1, -0.05) is 36.7 Å². The molecular weight excluding hydrogens is 378 g/mol. The van der Waals surface area contributed by atoms with E-state index in [0.717, 1.165) is 30.7 Å². The standard InChI is InChI=1S/C20H25N3O4S/c1-13-6-3-4-8-17(13)22-18(24)11-26-20(25)16-7-5-9-21-19(16)28-12-15-10-14(2)27-23-15/h5,7,9-10,13,17H,3-4,6,8,11-12H2,1-2H3,(H,22,24)/t13-,17+/m0/s1. The average Bonchev–Trinajstić information content (AvgIpc) is 3.12. The summed E-state index contributed by atoms with van der Waals surface area (Å²) in [4.78, 5) is 28.9. The van der Waals surface area contributed by atoms with Gasteiger partial charge in [-0.3, -0.25) is 4.79 Å². The summed E-state index contributed by atoms with van der Waals surface area (Å²) < 4.78 is 10.3. The van der Waals surface area contributed by atoms with Crippen LogP contribution in [0.5, 0.6) is 0 Å². The van der Waals surface area contributed by atoms with Crippen LogP contribution in [0, 0.1) is 12.8 Å². The second-order valence-corrected chi connectivity index (χ2v) is 8.05. The van der Waals surface area contributed by atoms with Crippen molar-refractivity contribution in [2.45, 2.75) is 56.4 Å². The van der Waals surface area contributed by atoms with Crippen LogP contribution in [-0.2, 0) is 15.3 Å². The van der Waals surface area contributed by atoms with Crippen LogP contribution >= 0.6 is 11.8 Å². The third-order valence-corrected chi connectivity index (χ3v) is 5.86. The van der Waals surface area contributed by atoms with E-state index in [-0.39, 0.29) is 18.6 Å². The molecule has 1 fully saturated rings. The van der Waals surface area contributed by atoms with Crippen LogP contribution in [-0.4, -0.2) is 34.7 Å². The van der Waals surface area contributed by atoms with Gasteiger partial charge in [0.25, 0.3) is 5.91 Å². The predicted molar refractivity (Wildman–Crippen MR) is 105 cm³/mol. The van der Waals surface area contributed by atoms with Gasteiger partial charge >= 0.3 is 5.97 Å². The van der Waals surface area contributed by atoms with Gasteiger partial charge in [0, 0.05) is 24.1 Å². The molecule has 1 amide bonds. The van der Waals surface area contributed by atoms with E-state index in [9.17, 15) is 9.59 Å². The lowest BCUT2D eigenvalue weighted by Gasteiger charge is -2.29. The zero-order valence-electron chi connectivity index (χ0n) is 16.1. The number of nitrogens with zero attached hydrogens (tertiary/aromatic N) is 2. The number of hydrogen-bond acceptors (Lipinski definition) is 7. The number of carbonyl (C=O) groups excluding carboxylic acids is 2. The van der Waals surface area contributed by atoms with Gasteiger partial charge in [-0.15, -0.1) is 0 Å². The van der Waals surface area contributed by atoms with Crippen LogP contribution in [0.3, 0.4) is 0 Å². The van der Waals surface area contributed by atoms with E-state index >= 15 is 0 Å². The Morgan fingerprint density at radius 1 is 1.36 bits per heavy atom. The number of rotatable bonds is 7. The summed E-state index contributed by atoms with van der Waals surface area (Å²) in [5.74, 6) is 0.890. The first kappa shape index (κ1) is 20.4. The topological polar surface area (TPSA) is 94.3 Å². The smallest absolute Gasteiger partial charge is 0.341 e. The molecule has 2 atom stereocenters. The van der Waals surface area contributed by atoms with Crippen LogP contribution in [0.15, 0.2) is 33.9 Å². The van der Waals surface area contributed by atoms with Crippen molar-refractivity contribution >= 4 is 23.6 Å². The molecule has 0 aliphatic heterocycles. The molecule has 1 aliphatic carbocycles. The highest BCUT2D eigenvalue weighted by molar-refractivity contribution is 7.98. The van der Waals surface area contributed by atoms with Crippen molar-refractivity contribution in [3.8, 4) is 0 Å². The van der Waals surface area contributed by atoms with E-state index < -0.39 is 5.97 Å². The van der Waals surface area contributed by atoms with Gasteiger partial charge in [0.05, 0.1) is 11.3 Å². The maximum atomic E-state index is 12.5. The first-order valence-corrected chi connectivity index (χ1v) is 10.5. The minimum atomic E-state index is -0.557. The summed E-state index contributed by atoms with van der Waals surface area (Å²) in [5.41, 5.74) is 1.11. The molecule has 2 aromatic heterocycles. The number of aryl methyl sites for hydroxylation is 1.